The largest absolute Gasteiger partial charge is 0.438 e. The van der Waals surface area contributed by atoms with E-state index in [1.165, 1.54) is 9.58 Å². The number of hydroxylamine groups is 1. The van der Waals surface area contributed by atoms with Gasteiger partial charge in [-0.2, -0.15) is 0 Å². The standard InChI is InChI=1S/C16H18F2N8O3/c17-10-5-9(6-11(18)13(10)24-2-1-20-28-4-3-24)25-8-16(29-15(25)27)7-12(16)26-14(19)21-22-23-26/h5-6,12,20H,1-4,7-8H2,(H2,19,21,23)/t12-,16?/m0/s1. The molecular weight excluding hydrogens is 390 g/mol. The van der Waals surface area contributed by atoms with Gasteiger partial charge >= 0.3 is 6.09 Å². The number of rotatable bonds is 3. The molecule has 1 amide bonds. The van der Waals surface area contributed by atoms with Crippen molar-refractivity contribution in [2.45, 2.75) is 18.1 Å². The van der Waals surface area contributed by atoms with Gasteiger partial charge < -0.3 is 15.4 Å². The van der Waals surface area contributed by atoms with E-state index < -0.39 is 23.3 Å². The highest BCUT2D eigenvalue weighted by Crippen LogP contribution is 2.55. The van der Waals surface area contributed by atoms with Crippen molar-refractivity contribution in [2.24, 2.45) is 0 Å². The quantitative estimate of drug-likeness (QED) is 0.734. The minimum atomic E-state index is -0.861. The fraction of sp³-hybridized carbons (Fsp3) is 0.500. The molecule has 1 aromatic heterocycles. The number of carbonyl (C=O) groups is 1. The molecule has 3 heterocycles. The van der Waals surface area contributed by atoms with Crippen molar-refractivity contribution < 1.29 is 23.1 Å². The van der Waals surface area contributed by atoms with Crippen molar-refractivity contribution in [2.75, 3.05) is 48.3 Å². The Kier molecular flexibility index (Phi) is 4.03. The lowest BCUT2D eigenvalue weighted by atomic mass is 10.2. The third kappa shape index (κ3) is 2.93. The molecule has 11 nitrogen and oxygen atoms in total. The molecule has 154 valence electrons. The molecule has 3 aliphatic rings. The van der Waals surface area contributed by atoms with E-state index >= 15 is 0 Å². The SMILES string of the molecule is Nc1nnnn1[C@H]1CC12CN(c1cc(F)c(N3CCNOCC3)c(F)c1)C(=O)O2. The molecule has 0 radical (unpaired) electrons. The zero-order valence-electron chi connectivity index (χ0n) is 15.2. The van der Waals surface area contributed by atoms with Crippen LogP contribution in [0.1, 0.15) is 12.5 Å². The van der Waals surface area contributed by atoms with Crippen LogP contribution in [-0.4, -0.2) is 64.7 Å². The molecule has 2 saturated heterocycles. The Morgan fingerprint density at radius 1 is 1.28 bits per heavy atom. The summed E-state index contributed by atoms with van der Waals surface area (Å²) in [6.45, 7) is 1.57. The number of ether oxygens (including phenoxy) is 1. The summed E-state index contributed by atoms with van der Waals surface area (Å²) in [4.78, 5) is 20.3. The second-order valence-corrected chi connectivity index (χ2v) is 7.21. The van der Waals surface area contributed by atoms with Gasteiger partial charge in [-0.05, 0) is 10.4 Å². The van der Waals surface area contributed by atoms with Crippen LogP contribution in [0.3, 0.4) is 0 Å². The molecule has 1 saturated carbocycles. The van der Waals surface area contributed by atoms with E-state index in [-0.39, 0.29) is 29.9 Å². The number of tetrazole rings is 1. The van der Waals surface area contributed by atoms with Crippen molar-refractivity contribution in [3.05, 3.63) is 23.8 Å². The Hall–Kier alpha value is -3.06. The summed E-state index contributed by atoms with van der Waals surface area (Å²) in [5.41, 5.74) is 7.49. The van der Waals surface area contributed by atoms with Crippen LogP contribution in [0.4, 0.5) is 30.9 Å². The number of halogens is 2. The zero-order valence-corrected chi connectivity index (χ0v) is 15.2. The summed E-state index contributed by atoms with van der Waals surface area (Å²) in [6, 6.07) is 1.96. The van der Waals surface area contributed by atoms with Gasteiger partial charge in [-0.1, -0.05) is 5.10 Å². The molecule has 13 heteroatoms. The topological polar surface area (TPSA) is 124 Å². The van der Waals surface area contributed by atoms with Crippen molar-refractivity contribution in [1.82, 2.24) is 25.7 Å². The van der Waals surface area contributed by atoms with E-state index in [1.807, 2.05) is 0 Å². The zero-order chi connectivity index (χ0) is 20.2. The molecule has 2 aliphatic heterocycles. The van der Waals surface area contributed by atoms with Crippen LogP contribution in [0.25, 0.3) is 0 Å². The maximum atomic E-state index is 14.8. The van der Waals surface area contributed by atoms with Crippen LogP contribution in [0, 0.1) is 11.6 Å². The highest BCUT2D eigenvalue weighted by molar-refractivity contribution is 5.91. The van der Waals surface area contributed by atoms with E-state index in [0.717, 1.165) is 12.1 Å². The van der Waals surface area contributed by atoms with Gasteiger partial charge in [0.2, 0.25) is 5.95 Å². The van der Waals surface area contributed by atoms with Crippen LogP contribution < -0.4 is 21.0 Å². The minimum Gasteiger partial charge on any atom is -0.438 e. The predicted molar refractivity (Wildman–Crippen MR) is 95.0 cm³/mol. The van der Waals surface area contributed by atoms with Crippen LogP contribution in [0.5, 0.6) is 0 Å². The summed E-state index contributed by atoms with van der Waals surface area (Å²) < 4.78 is 36.5. The third-order valence-corrected chi connectivity index (χ3v) is 5.41. The van der Waals surface area contributed by atoms with E-state index in [9.17, 15) is 13.6 Å². The van der Waals surface area contributed by atoms with Crippen molar-refractivity contribution in [1.29, 1.82) is 0 Å². The molecule has 5 rings (SSSR count). The number of nitrogens with two attached hydrogens (primary N) is 1. The predicted octanol–water partition coefficient (Wildman–Crippen LogP) is 0.215. The second-order valence-electron chi connectivity index (χ2n) is 7.21. The molecule has 3 fully saturated rings. The number of hydrogen-bond donors (Lipinski definition) is 2. The van der Waals surface area contributed by atoms with Gasteiger partial charge in [0.05, 0.1) is 18.8 Å². The average molecular weight is 408 g/mol. The number of carbonyl (C=O) groups excluding carboxylic acids is 1. The second kappa shape index (κ2) is 6.49. The summed E-state index contributed by atoms with van der Waals surface area (Å²) in [5, 5.41) is 10.9. The monoisotopic (exact) mass is 408 g/mol. The van der Waals surface area contributed by atoms with E-state index in [4.69, 9.17) is 15.3 Å². The van der Waals surface area contributed by atoms with E-state index in [1.54, 1.807) is 4.90 Å². The van der Waals surface area contributed by atoms with Crippen molar-refractivity contribution in [3.8, 4) is 0 Å². The summed E-state index contributed by atoms with van der Waals surface area (Å²) in [6.07, 6.45) is -0.216. The Balaban J connectivity index is 1.39. The number of aromatic nitrogens is 4. The molecule has 29 heavy (non-hydrogen) atoms. The van der Waals surface area contributed by atoms with Gasteiger partial charge in [0.25, 0.3) is 0 Å². The first-order valence-electron chi connectivity index (χ1n) is 9.11. The lowest BCUT2D eigenvalue weighted by molar-refractivity contribution is 0.0589. The molecule has 2 aromatic rings. The first-order valence-corrected chi connectivity index (χ1v) is 9.11. The molecule has 1 aromatic carbocycles. The molecular formula is C16H18F2N8O3. The number of anilines is 3. The van der Waals surface area contributed by atoms with Crippen LogP contribution in [0.15, 0.2) is 12.1 Å². The van der Waals surface area contributed by atoms with Gasteiger partial charge in [-0.15, -0.1) is 0 Å². The van der Waals surface area contributed by atoms with Crippen LogP contribution in [-0.2, 0) is 9.57 Å². The molecule has 2 atom stereocenters. The first-order chi connectivity index (χ1) is 14.0. The average Bonchev–Trinajstić information content (AvgIpc) is 3.16. The van der Waals surface area contributed by atoms with Crippen LogP contribution >= 0.6 is 0 Å². The highest BCUT2D eigenvalue weighted by Gasteiger charge is 2.66. The fourth-order valence-electron chi connectivity index (χ4n) is 3.90. The minimum absolute atomic E-state index is 0.0881. The number of nitrogens with zero attached hydrogens (tertiary/aromatic N) is 6. The smallest absolute Gasteiger partial charge is 0.415 e. The fourth-order valence-corrected chi connectivity index (χ4v) is 3.90. The lowest BCUT2D eigenvalue weighted by Crippen LogP contribution is -2.31. The Morgan fingerprint density at radius 2 is 2.07 bits per heavy atom. The molecule has 1 unspecified atom stereocenters. The maximum absolute atomic E-state index is 14.8. The maximum Gasteiger partial charge on any atom is 0.415 e. The Labute approximate surface area is 163 Å². The Morgan fingerprint density at radius 3 is 2.79 bits per heavy atom. The van der Waals surface area contributed by atoms with Crippen molar-refractivity contribution in [3.63, 3.8) is 0 Å². The summed E-state index contributed by atoms with van der Waals surface area (Å²) >= 11 is 0. The molecule has 1 aliphatic carbocycles. The number of hydrogen-bond acceptors (Lipinski definition) is 9. The van der Waals surface area contributed by atoms with Crippen LogP contribution in [0.2, 0.25) is 0 Å². The van der Waals surface area contributed by atoms with Gasteiger partial charge in [0.15, 0.2) is 17.2 Å². The van der Waals surface area contributed by atoms with Gasteiger partial charge in [-0.3, -0.25) is 9.74 Å². The first kappa shape index (κ1) is 18.0. The van der Waals surface area contributed by atoms with E-state index in [2.05, 4.69) is 21.0 Å². The Bertz CT molecular complexity index is 940. The number of amides is 1. The summed E-state index contributed by atoms with van der Waals surface area (Å²) in [5.74, 6) is -1.40. The van der Waals surface area contributed by atoms with Gasteiger partial charge in [-0.25, -0.2) is 23.7 Å². The third-order valence-electron chi connectivity index (χ3n) is 5.41. The lowest BCUT2D eigenvalue weighted by Gasteiger charge is -2.24. The summed E-state index contributed by atoms with van der Waals surface area (Å²) in [7, 11) is 0. The van der Waals surface area contributed by atoms with Crippen molar-refractivity contribution >= 4 is 23.4 Å². The molecule has 1 spiro atoms. The van der Waals surface area contributed by atoms with Gasteiger partial charge in [0, 0.05) is 38.2 Å². The molecule has 3 N–H and O–H groups in total. The number of benzene rings is 1. The number of nitrogen functional groups attached to an aromatic ring is 1. The normalized spacial score (nSPS) is 26.7. The van der Waals surface area contributed by atoms with Gasteiger partial charge in [0.1, 0.15) is 11.7 Å². The van der Waals surface area contributed by atoms with E-state index in [0.29, 0.717) is 32.7 Å². The molecule has 0 bridgehead atoms. The highest BCUT2D eigenvalue weighted by atomic mass is 19.1. The number of nitrogens with one attached hydrogen (secondary N) is 1.